The molecular formula is C23H28ClN3O2. The van der Waals surface area contributed by atoms with Gasteiger partial charge in [0.15, 0.2) is 0 Å². The smallest absolute Gasteiger partial charge is 0.407 e. The second kappa shape index (κ2) is 9.16. The maximum atomic E-state index is 11.3. The third-order valence-corrected chi connectivity index (χ3v) is 6.51. The van der Waals surface area contributed by atoms with Crippen LogP contribution in [0.3, 0.4) is 0 Å². The summed E-state index contributed by atoms with van der Waals surface area (Å²) in [6.45, 7) is 5.81. The van der Waals surface area contributed by atoms with Crippen LogP contribution in [0.4, 0.5) is 4.79 Å². The molecule has 2 saturated heterocycles. The van der Waals surface area contributed by atoms with E-state index in [0.29, 0.717) is 25.0 Å². The minimum Gasteiger partial charge on any atom is -0.465 e. The molecular weight excluding hydrogens is 386 g/mol. The zero-order chi connectivity index (χ0) is 20.2. The molecule has 29 heavy (non-hydrogen) atoms. The van der Waals surface area contributed by atoms with Gasteiger partial charge >= 0.3 is 6.09 Å². The van der Waals surface area contributed by atoms with Gasteiger partial charge in [0.1, 0.15) is 0 Å². The number of nitrogens with zero attached hydrogens (tertiary/aromatic N) is 3. The summed E-state index contributed by atoms with van der Waals surface area (Å²) in [5.41, 5.74) is 2.66. The molecule has 1 N–H and O–H groups in total. The molecule has 2 fully saturated rings. The highest BCUT2D eigenvalue weighted by Gasteiger charge is 2.36. The van der Waals surface area contributed by atoms with Gasteiger partial charge in [-0.3, -0.25) is 9.80 Å². The molecule has 2 aliphatic heterocycles. The number of carbonyl (C=O) groups is 1. The highest BCUT2D eigenvalue weighted by Crippen LogP contribution is 2.33. The lowest BCUT2D eigenvalue weighted by Crippen LogP contribution is -2.56. The predicted molar refractivity (Wildman–Crippen MR) is 115 cm³/mol. The van der Waals surface area contributed by atoms with Gasteiger partial charge < -0.3 is 10.0 Å². The third kappa shape index (κ3) is 4.92. The van der Waals surface area contributed by atoms with E-state index >= 15 is 0 Å². The van der Waals surface area contributed by atoms with Crippen LogP contribution in [0, 0.1) is 0 Å². The lowest BCUT2D eigenvalue weighted by atomic mass is 9.84. The Morgan fingerprint density at radius 1 is 0.966 bits per heavy atom. The van der Waals surface area contributed by atoms with Crippen molar-refractivity contribution >= 4 is 17.7 Å². The number of piperazine rings is 1. The van der Waals surface area contributed by atoms with Crippen LogP contribution >= 0.6 is 11.6 Å². The predicted octanol–water partition coefficient (Wildman–Crippen LogP) is 3.99. The second-order valence-corrected chi connectivity index (χ2v) is 8.48. The first-order valence-electron chi connectivity index (χ1n) is 10.3. The Morgan fingerprint density at radius 3 is 2.31 bits per heavy atom. The molecule has 0 spiro atoms. The quantitative estimate of drug-likeness (QED) is 0.823. The SMILES string of the molecule is O=C(O)N1CCN([C@H]2CCN(Cc3ccccc3)C[C@H]2c2ccc(Cl)cc2)CC1. The topological polar surface area (TPSA) is 47.0 Å². The molecule has 0 unspecified atom stereocenters. The molecule has 1 amide bonds. The van der Waals surface area contributed by atoms with Crippen molar-refractivity contribution in [3.63, 3.8) is 0 Å². The molecule has 5 nitrogen and oxygen atoms in total. The van der Waals surface area contributed by atoms with Crippen LogP contribution in [0.5, 0.6) is 0 Å². The molecule has 0 aromatic heterocycles. The van der Waals surface area contributed by atoms with Gasteiger partial charge in [-0.25, -0.2) is 4.79 Å². The molecule has 6 heteroatoms. The maximum absolute atomic E-state index is 11.3. The summed E-state index contributed by atoms with van der Waals surface area (Å²) in [5, 5.41) is 10.0. The summed E-state index contributed by atoms with van der Waals surface area (Å²) >= 11 is 6.14. The molecule has 0 radical (unpaired) electrons. The van der Waals surface area contributed by atoms with Gasteiger partial charge in [0, 0.05) is 62.8 Å². The molecule has 2 aromatic rings. The fourth-order valence-electron chi connectivity index (χ4n) is 4.71. The Bertz CT molecular complexity index is 807. The molecule has 4 rings (SSSR count). The molecule has 154 valence electrons. The van der Waals surface area contributed by atoms with Crippen molar-refractivity contribution < 1.29 is 9.90 Å². The number of hydrogen-bond acceptors (Lipinski definition) is 3. The zero-order valence-electron chi connectivity index (χ0n) is 16.6. The van der Waals surface area contributed by atoms with Gasteiger partial charge in [-0.15, -0.1) is 0 Å². The van der Waals surface area contributed by atoms with Crippen LogP contribution in [0.2, 0.25) is 5.02 Å². The van der Waals surface area contributed by atoms with E-state index in [-0.39, 0.29) is 0 Å². The first-order chi connectivity index (χ1) is 14.1. The van der Waals surface area contributed by atoms with Gasteiger partial charge in [-0.1, -0.05) is 54.1 Å². The highest BCUT2D eigenvalue weighted by molar-refractivity contribution is 6.30. The van der Waals surface area contributed by atoms with Crippen molar-refractivity contribution in [2.24, 2.45) is 0 Å². The largest absolute Gasteiger partial charge is 0.465 e. The molecule has 0 saturated carbocycles. The Labute approximate surface area is 177 Å². The standard InChI is InChI=1S/C23H28ClN3O2/c24-20-8-6-19(7-9-20)21-17-25(16-18-4-2-1-3-5-18)11-10-22(21)26-12-14-27(15-13-26)23(28)29/h1-9,21-22H,10-17H2,(H,28,29)/t21-,22-/m0/s1. The first kappa shape index (κ1) is 20.2. The molecule has 2 aliphatic rings. The van der Waals surface area contributed by atoms with E-state index in [4.69, 9.17) is 11.6 Å². The van der Waals surface area contributed by atoms with Gasteiger partial charge in [-0.05, 0) is 29.7 Å². The summed E-state index contributed by atoms with van der Waals surface area (Å²) in [5.74, 6) is 0.390. The summed E-state index contributed by atoms with van der Waals surface area (Å²) in [7, 11) is 0. The number of halogens is 1. The van der Waals surface area contributed by atoms with Crippen LogP contribution in [0.15, 0.2) is 54.6 Å². The number of piperidine rings is 1. The Balaban J connectivity index is 1.50. The fourth-order valence-corrected chi connectivity index (χ4v) is 4.84. The summed E-state index contributed by atoms with van der Waals surface area (Å²) in [6.07, 6.45) is 0.282. The van der Waals surface area contributed by atoms with E-state index in [1.54, 1.807) is 0 Å². The van der Waals surface area contributed by atoms with Gasteiger partial charge in [0.05, 0.1) is 0 Å². The van der Waals surface area contributed by atoms with E-state index < -0.39 is 6.09 Å². The first-order valence-corrected chi connectivity index (χ1v) is 10.7. The lowest BCUT2D eigenvalue weighted by molar-refractivity contribution is 0.0441. The minimum atomic E-state index is -0.809. The minimum absolute atomic E-state index is 0.390. The second-order valence-electron chi connectivity index (χ2n) is 8.04. The number of benzene rings is 2. The van der Waals surface area contributed by atoms with Gasteiger partial charge in [0.25, 0.3) is 0 Å². The van der Waals surface area contributed by atoms with Crippen molar-refractivity contribution in [1.29, 1.82) is 0 Å². The van der Waals surface area contributed by atoms with E-state index in [0.717, 1.165) is 44.2 Å². The normalized spacial score (nSPS) is 23.8. The fraction of sp³-hybridized carbons (Fsp3) is 0.435. The van der Waals surface area contributed by atoms with Crippen LogP contribution in [0.1, 0.15) is 23.5 Å². The number of rotatable bonds is 4. The zero-order valence-corrected chi connectivity index (χ0v) is 17.3. The molecule has 0 aliphatic carbocycles. The van der Waals surface area contributed by atoms with Crippen LogP contribution in [-0.4, -0.2) is 71.2 Å². The van der Waals surface area contributed by atoms with E-state index in [1.807, 2.05) is 12.1 Å². The Morgan fingerprint density at radius 2 is 1.66 bits per heavy atom. The molecule has 2 atom stereocenters. The average Bonchev–Trinajstić information content (AvgIpc) is 2.75. The summed E-state index contributed by atoms with van der Waals surface area (Å²) < 4.78 is 0. The van der Waals surface area contributed by atoms with Gasteiger partial charge in [0.2, 0.25) is 0 Å². The van der Waals surface area contributed by atoms with Crippen LogP contribution in [-0.2, 0) is 6.54 Å². The lowest BCUT2D eigenvalue weighted by Gasteiger charge is -2.46. The Hall–Kier alpha value is -2.08. The summed E-state index contributed by atoms with van der Waals surface area (Å²) in [6, 6.07) is 19.3. The molecule has 2 heterocycles. The molecule has 2 aromatic carbocycles. The van der Waals surface area contributed by atoms with Crippen LogP contribution < -0.4 is 0 Å². The van der Waals surface area contributed by atoms with Crippen molar-refractivity contribution in [1.82, 2.24) is 14.7 Å². The third-order valence-electron chi connectivity index (χ3n) is 6.26. The van der Waals surface area contributed by atoms with E-state index in [9.17, 15) is 9.90 Å². The number of carboxylic acid groups (broad SMARTS) is 1. The Kier molecular flexibility index (Phi) is 6.38. The van der Waals surface area contributed by atoms with Crippen LogP contribution in [0.25, 0.3) is 0 Å². The number of hydrogen-bond donors (Lipinski definition) is 1. The summed E-state index contributed by atoms with van der Waals surface area (Å²) in [4.78, 5) is 17.8. The maximum Gasteiger partial charge on any atom is 0.407 e. The monoisotopic (exact) mass is 413 g/mol. The van der Waals surface area contributed by atoms with E-state index in [2.05, 4.69) is 52.3 Å². The number of amides is 1. The van der Waals surface area contributed by atoms with Gasteiger partial charge in [-0.2, -0.15) is 0 Å². The molecule has 0 bridgehead atoms. The van der Waals surface area contributed by atoms with Crippen molar-refractivity contribution in [2.75, 3.05) is 39.3 Å². The van der Waals surface area contributed by atoms with Crippen molar-refractivity contribution in [3.8, 4) is 0 Å². The van der Waals surface area contributed by atoms with Crippen molar-refractivity contribution in [3.05, 3.63) is 70.7 Å². The highest BCUT2D eigenvalue weighted by atomic mass is 35.5. The average molecular weight is 414 g/mol. The number of likely N-dealkylation sites (tertiary alicyclic amines) is 1. The van der Waals surface area contributed by atoms with Crippen molar-refractivity contribution in [2.45, 2.75) is 24.9 Å². The van der Waals surface area contributed by atoms with E-state index in [1.165, 1.54) is 16.0 Å².